The Morgan fingerprint density at radius 3 is 2.44 bits per heavy atom. The Balaban J connectivity index is 1.24. The first kappa shape index (κ1) is 21.2. The number of rotatable bonds is 3. The molecule has 1 aromatic heterocycles. The summed E-state index contributed by atoms with van der Waals surface area (Å²) in [7, 11) is 0. The minimum atomic E-state index is 0.0829. The molecule has 36 heavy (non-hydrogen) atoms. The van der Waals surface area contributed by atoms with Crippen LogP contribution in [0.15, 0.2) is 108 Å². The molecular weight excluding hydrogens is 464 g/mol. The summed E-state index contributed by atoms with van der Waals surface area (Å²) < 4.78 is 6.11. The van der Waals surface area contributed by atoms with Gasteiger partial charge in [-0.3, -0.25) is 4.99 Å². The van der Waals surface area contributed by atoms with Crippen LogP contribution < -0.4 is 4.74 Å². The molecule has 5 aromatic rings. The van der Waals surface area contributed by atoms with E-state index in [4.69, 9.17) is 9.73 Å². The van der Waals surface area contributed by atoms with E-state index in [9.17, 15) is 5.11 Å². The zero-order valence-corrected chi connectivity index (χ0v) is 20.2. The molecule has 1 aliphatic heterocycles. The van der Waals surface area contributed by atoms with Gasteiger partial charge in [-0.05, 0) is 52.9 Å². The van der Waals surface area contributed by atoms with Gasteiger partial charge in [0.05, 0.1) is 16.3 Å². The molecule has 0 saturated heterocycles. The molecule has 0 spiro atoms. The monoisotopic (exact) mass is 486 g/mol. The number of para-hydroxylation sites is 1. The number of aromatic hydroxyl groups is 1. The lowest BCUT2D eigenvalue weighted by molar-refractivity contribution is 0.460. The maximum Gasteiger partial charge on any atom is 0.219 e. The molecule has 0 fully saturated rings. The first-order valence-corrected chi connectivity index (χ1v) is 12.9. The van der Waals surface area contributed by atoms with Gasteiger partial charge >= 0.3 is 0 Å². The van der Waals surface area contributed by atoms with Crippen molar-refractivity contribution < 1.29 is 9.84 Å². The Kier molecular flexibility index (Phi) is 5.03. The van der Waals surface area contributed by atoms with Gasteiger partial charge in [0, 0.05) is 17.0 Å². The molecule has 0 amide bonds. The highest BCUT2D eigenvalue weighted by Gasteiger charge is 2.37. The van der Waals surface area contributed by atoms with Crippen molar-refractivity contribution in [2.75, 3.05) is 0 Å². The summed E-state index contributed by atoms with van der Waals surface area (Å²) in [4.78, 5) is 9.77. The molecule has 2 atom stereocenters. The van der Waals surface area contributed by atoms with Gasteiger partial charge in [-0.2, -0.15) is 0 Å². The smallest absolute Gasteiger partial charge is 0.219 e. The predicted molar refractivity (Wildman–Crippen MR) is 145 cm³/mol. The highest BCUT2D eigenvalue weighted by atomic mass is 32.2. The van der Waals surface area contributed by atoms with Gasteiger partial charge in [-0.25, -0.2) is 4.98 Å². The number of phenolic OH excluding ortho intramolecular Hbond substituents is 1. The minimum absolute atomic E-state index is 0.0829. The normalized spacial score (nSPS) is 18.1. The Bertz CT molecular complexity index is 1660. The summed E-state index contributed by atoms with van der Waals surface area (Å²) in [5.74, 6) is 1.27. The average molecular weight is 487 g/mol. The van der Waals surface area contributed by atoms with Crippen LogP contribution in [0.2, 0.25) is 0 Å². The second kappa shape index (κ2) is 8.54. The molecule has 2 heterocycles. The quantitative estimate of drug-likeness (QED) is 0.285. The third-order valence-electron chi connectivity index (χ3n) is 6.87. The predicted octanol–water partition coefficient (Wildman–Crippen LogP) is 7.61. The Morgan fingerprint density at radius 1 is 0.778 bits per heavy atom. The van der Waals surface area contributed by atoms with Crippen molar-refractivity contribution in [2.45, 2.75) is 17.7 Å². The van der Waals surface area contributed by atoms with Gasteiger partial charge in [-0.15, -0.1) is 0 Å². The second-order valence-corrected chi connectivity index (χ2v) is 10.3. The van der Waals surface area contributed by atoms with Crippen LogP contribution in [0.3, 0.4) is 0 Å². The van der Waals surface area contributed by atoms with E-state index in [2.05, 4.69) is 59.6 Å². The van der Waals surface area contributed by atoms with Crippen LogP contribution in [0.5, 0.6) is 17.4 Å². The Hall–Kier alpha value is -4.09. The van der Waals surface area contributed by atoms with Crippen molar-refractivity contribution in [2.24, 2.45) is 4.99 Å². The van der Waals surface area contributed by atoms with E-state index in [0.29, 0.717) is 17.1 Å². The lowest BCUT2D eigenvalue weighted by Crippen LogP contribution is -2.02. The SMILES string of the molecule is Oc1cccc2ccc(Oc3cccc(C4=N[C@H]5c6ccccc6Cc6ccccc6[C@@H]5S4)c3)nc12. The zero-order chi connectivity index (χ0) is 24.1. The van der Waals surface area contributed by atoms with E-state index in [1.54, 1.807) is 12.1 Å². The van der Waals surface area contributed by atoms with Crippen molar-refractivity contribution in [3.05, 3.63) is 131 Å². The molecule has 174 valence electrons. The van der Waals surface area contributed by atoms with Crippen LogP contribution in [-0.4, -0.2) is 15.1 Å². The number of thioether (sulfide) groups is 1. The number of phenols is 1. The Morgan fingerprint density at radius 2 is 1.56 bits per heavy atom. The van der Waals surface area contributed by atoms with Crippen LogP contribution in [0.25, 0.3) is 10.9 Å². The molecule has 0 bridgehead atoms. The number of hydrogen-bond donors (Lipinski definition) is 1. The number of aliphatic imine (C=N–C) groups is 1. The van der Waals surface area contributed by atoms with Gasteiger partial charge < -0.3 is 9.84 Å². The van der Waals surface area contributed by atoms with Crippen LogP contribution >= 0.6 is 11.8 Å². The number of nitrogens with zero attached hydrogens (tertiary/aromatic N) is 2. The molecule has 0 radical (unpaired) electrons. The highest BCUT2D eigenvalue weighted by Crippen LogP contribution is 2.53. The summed E-state index contributed by atoms with van der Waals surface area (Å²) in [6, 6.07) is 34.6. The largest absolute Gasteiger partial charge is 0.506 e. The molecule has 7 rings (SSSR count). The first-order chi connectivity index (χ1) is 17.7. The maximum atomic E-state index is 10.2. The number of fused-ring (bicyclic) bond motifs is 6. The molecule has 4 nitrogen and oxygen atoms in total. The van der Waals surface area contributed by atoms with E-state index in [-0.39, 0.29) is 17.0 Å². The minimum Gasteiger partial charge on any atom is -0.506 e. The van der Waals surface area contributed by atoms with Crippen molar-refractivity contribution >= 4 is 27.7 Å². The summed E-state index contributed by atoms with van der Waals surface area (Å²) in [6.07, 6.45) is 0.947. The van der Waals surface area contributed by atoms with Gasteiger partial charge in [0.15, 0.2) is 0 Å². The molecule has 0 unspecified atom stereocenters. The third kappa shape index (κ3) is 3.64. The molecule has 5 heteroatoms. The van der Waals surface area contributed by atoms with Crippen molar-refractivity contribution in [3.63, 3.8) is 0 Å². The lowest BCUT2D eigenvalue weighted by Gasteiger charge is -2.17. The summed E-state index contributed by atoms with van der Waals surface area (Å²) in [5, 5.41) is 12.3. The number of benzene rings is 4. The van der Waals surface area contributed by atoms with Gasteiger partial charge in [0.25, 0.3) is 0 Å². The number of hydrogen-bond acceptors (Lipinski definition) is 5. The van der Waals surface area contributed by atoms with Crippen LogP contribution in [-0.2, 0) is 6.42 Å². The van der Waals surface area contributed by atoms with Gasteiger partial charge in [-0.1, -0.05) is 84.6 Å². The average Bonchev–Trinajstić information content (AvgIpc) is 3.30. The number of pyridine rings is 1. The van der Waals surface area contributed by atoms with E-state index < -0.39 is 0 Å². The number of aromatic nitrogens is 1. The molecule has 1 N–H and O–H groups in total. The van der Waals surface area contributed by atoms with E-state index >= 15 is 0 Å². The fraction of sp³-hybridized carbons (Fsp3) is 0.0968. The topological polar surface area (TPSA) is 54.7 Å². The fourth-order valence-corrected chi connectivity index (χ4v) is 6.53. The van der Waals surface area contributed by atoms with Gasteiger partial charge in [0.1, 0.15) is 17.0 Å². The Labute approximate surface area is 213 Å². The van der Waals surface area contributed by atoms with Crippen LogP contribution in [0.4, 0.5) is 0 Å². The van der Waals surface area contributed by atoms with Crippen molar-refractivity contribution in [1.82, 2.24) is 4.98 Å². The molecule has 2 aliphatic rings. The lowest BCUT2D eigenvalue weighted by atomic mass is 9.98. The highest BCUT2D eigenvalue weighted by molar-refractivity contribution is 8.14. The van der Waals surface area contributed by atoms with Gasteiger partial charge in [0.2, 0.25) is 5.88 Å². The summed E-state index contributed by atoms with van der Waals surface area (Å²) in [6.45, 7) is 0. The molecule has 4 aromatic carbocycles. The first-order valence-electron chi connectivity index (χ1n) is 12.0. The summed E-state index contributed by atoms with van der Waals surface area (Å²) >= 11 is 1.83. The molecule has 1 aliphatic carbocycles. The maximum absolute atomic E-state index is 10.2. The zero-order valence-electron chi connectivity index (χ0n) is 19.3. The standard InChI is InChI=1S/C31H22N2O2S/c34-26-14-6-9-19-15-16-27(32-28(19)26)35-23-11-5-10-22(18-23)31-33-29-24-12-3-1-7-20(24)17-21-8-2-4-13-25(21)30(29)36-31/h1-16,18,29-30,34H,17H2/t29-,30-/m0/s1. The van der Waals surface area contributed by atoms with Crippen LogP contribution in [0.1, 0.15) is 39.1 Å². The molecular formula is C31H22N2O2S. The van der Waals surface area contributed by atoms with E-state index in [0.717, 1.165) is 22.4 Å². The summed E-state index contributed by atoms with van der Waals surface area (Å²) in [5.41, 5.74) is 6.97. The fourth-order valence-electron chi connectivity index (χ4n) is 5.16. The third-order valence-corrected chi connectivity index (χ3v) is 8.20. The van der Waals surface area contributed by atoms with Crippen LogP contribution in [0, 0.1) is 0 Å². The second-order valence-electron chi connectivity index (χ2n) is 9.12. The molecule has 0 saturated carbocycles. The van der Waals surface area contributed by atoms with E-state index in [1.165, 1.54) is 22.3 Å². The number of ether oxygens (including phenoxy) is 1. The van der Waals surface area contributed by atoms with Crippen molar-refractivity contribution in [3.8, 4) is 17.4 Å². The van der Waals surface area contributed by atoms with E-state index in [1.807, 2.05) is 48.2 Å². The van der Waals surface area contributed by atoms with Crippen molar-refractivity contribution in [1.29, 1.82) is 0 Å².